The molecule has 2 rings (SSSR count). The van der Waals surface area contributed by atoms with E-state index in [1.807, 2.05) is 10.6 Å². The number of imidazole rings is 1. The summed E-state index contributed by atoms with van der Waals surface area (Å²) in [6, 6.07) is 0. The van der Waals surface area contributed by atoms with Crippen molar-refractivity contribution >= 4 is 22.3 Å². The molecule has 16 heavy (non-hydrogen) atoms. The molecule has 0 amide bonds. The molecule has 0 aromatic carbocycles. The van der Waals surface area contributed by atoms with Gasteiger partial charge in [0, 0.05) is 17.8 Å². The van der Waals surface area contributed by atoms with Crippen LogP contribution in [0.3, 0.4) is 0 Å². The van der Waals surface area contributed by atoms with E-state index in [-0.39, 0.29) is 11.4 Å². The monoisotopic (exact) mass is 238 g/mol. The van der Waals surface area contributed by atoms with Gasteiger partial charge in [0.2, 0.25) is 0 Å². The van der Waals surface area contributed by atoms with Gasteiger partial charge in [0.25, 0.3) is 0 Å². The van der Waals surface area contributed by atoms with Crippen molar-refractivity contribution in [1.29, 1.82) is 0 Å². The van der Waals surface area contributed by atoms with Crippen LogP contribution in [0.15, 0.2) is 12.4 Å². The van der Waals surface area contributed by atoms with Crippen LogP contribution in [0.5, 0.6) is 0 Å². The normalized spacial score (nSPS) is 12.0. The Labute approximate surface area is 97.9 Å². The predicted octanol–water partition coefficient (Wildman–Crippen LogP) is 2.48. The van der Waals surface area contributed by atoms with E-state index in [9.17, 15) is 4.79 Å². The fourth-order valence-corrected chi connectivity index (χ4v) is 2.24. The number of carbonyl (C=O) groups is 1. The lowest BCUT2D eigenvalue weighted by molar-refractivity contribution is 0.0606. The van der Waals surface area contributed by atoms with E-state index in [4.69, 9.17) is 0 Å². The van der Waals surface area contributed by atoms with Gasteiger partial charge in [-0.25, -0.2) is 9.78 Å². The van der Waals surface area contributed by atoms with Gasteiger partial charge in [0.05, 0.1) is 12.8 Å². The Morgan fingerprint density at radius 3 is 2.62 bits per heavy atom. The molecule has 0 N–H and O–H groups in total. The first-order valence-corrected chi connectivity index (χ1v) is 5.81. The maximum absolute atomic E-state index is 11.3. The van der Waals surface area contributed by atoms with E-state index in [1.165, 1.54) is 18.4 Å². The lowest BCUT2D eigenvalue weighted by atomic mass is 9.93. The number of hydrogen-bond donors (Lipinski definition) is 0. The second-order valence-electron chi connectivity index (χ2n) is 4.65. The summed E-state index contributed by atoms with van der Waals surface area (Å²) in [7, 11) is 1.38. The van der Waals surface area contributed by atoms with Crippen molar-refractivity contribution in [2.75, 3.05) is 7.11 Å². The van der Waals surface area contributed by atoms with Crippen molar-refractivity contribution in [2.24, 2.45) is 0 Å². The Morgan fingerprint density at radius 1 is 1.44 bits per heavy atom. The Hall–Kier alpha value is -1.36. The van der Waals surface area contributed by atoms with Crippen LogP contribution in [-0.4, -0.2) is 22.5 Å². The highest BCUT2D eigenvalue weighted by Gasteiger charge is 2.19. The van der Waals surface area contributed by atoms with Crippen LogP contribution in [0.4, 0.5) is 0 Å². The minimum atomic E-state index is -0.312. The van der Waals surface area contributed by atoms with Crippen molar-refractivity contribution in [3.8, 4) is 0 Å². The minimum Gasteiger partial charge on any atom is -0.465 e. The van der Waals surface area contributed by atoms with Gasteiger partial charge in [-0.3, -0.25) is 4.40 Å². The minimum absolute atomic E-state index is 0.0250. The lowest BCUT2D eigenvalue weighted by Gasteiger charge is -2.13. The highest BCUT2D eigenvalue weighted by Crippen LogP contribution is 2.25. The summed E-state index contributed by atoms with van der Waals surface area (Å²) in [6.07, 6.45) is 3.71. The van der Waals surface area contributed by atoms with Crippen LogP contribution >= 0.6 is 11.3 Å². The molecule has 0 unspecified atom stereocenters. The molecule has 0 radical (unpaired) electrons. The number of hydrogen-bond acceptors (Lipinski definition) is 4. The third-order valence-corrected chi connectivity index (χ3v) is 3.29. The number of fused-ring (bicyclic) bond motifs is 1. The van der Waals surface area contributed by atoms with Gasteiger partial charge in [-0.15, -0.1) is 0 Å². The largest absolute Gasteiger partial charge is 0.465 e. The molecule has 0 aliphatic carbocycles. The third-order valence-electron chi connectivity index (χ3n) is 2.31. The summed E-state index contributed by atoms with van der Waals surface area (Å²) in [6.45, 7) is 6.34. The number of rotatable bonds is 1. The standard InChI is InChI=1S/C11H14N2O2S/c1-11(2,3)8-6-13-5-7(9(14)15-4)16-10(13)12-8/h5-6H,1-4H3. The van der Waals surface area contributed by atoms with Gasteiger partial charge < -0.3 is 4.74 Å². The SMILES string of the molecule is COC(=O)c1cn2cc(C(C)(C)C)nc2s1. The van der Waals surface area contributed by atoms with Gasteiger partial charge in [-0.2, -0.15) is 0 Å². The molecule has 0 fully saturated rings. The molecule has 0 bridgehead atoms. The molecule has 86 valence electrons. The predicted molar refractivity (Wildman–Crippen MR) is 63.1 cm³/mol. The first-order chi connectivity index (χ1) is 7.41. The van der Waals surface area contributed by atoms with Gasteiger partial charge in [0.15, 0.2) is 4.96 Å². The van der Waals surface area contributed by atoms with Gasteiger partial charge in [0.1, 0.15) is 4.88 Å². The zero-order valence-corrected chi connectivity index (χ0v) is 10.6. The highest BCUT2D eigenvalue weighted by molar-refractivity contribution is 7.18. The molecule has 0 saturated heterocycles. The summed E-state index contributed by atoms with van der Waals surface area (Å²) < 4.78 is 6.54. The smallest absolute Gasteiger partial charge is 0.349 e. The molecule has 5 heteroatoms. The second kappa shape index (κ2) is 3.59. The summed E-state index contributed by atoms with van der Waals surface area (Å²) in [5, 5.41) is 0. The molecule has 2 aromatic heterocycles. The molecule has 0 aliphatic heterocycles. The van der Waals surface area contributed by atoms with Gasteiger partial charge >= 0.3 is 5.97 Å². The molecule has 4 nitrogen and oxygen atoms in total. The average molecular weight is 238 g/mol. The molecule has 0 spiro atoms. The van der Waals surface area contributed by atoms with E-state index in [2.05, 4.69) is 30.5 Å². The molecule has 0 aliphatic rings. The summed E-state index contributed by atoms with van der Waals surface area (Å²) in [5.41, 5.74) is 1.05. The maximum Gasteiger partial charge on any atom is 0.349 e. The summed E-state index contributed by atoms with van der Waals surface area (Å²) >= 11 is 1.34. The van der Waals surface area contributed by atoms with Crippen molar-refractivity contribution in [3.05, 3.63) is 23.0 Å². The number of carbonyl (C=O) groups excluding carboxylic acids is 1. The lowest BCUT2D eigenvalue weighted by Crippen LogP contribution is -2.11. The molecule has 2 heterocycles. The highest BCUT2D eigenvalue weighted by atomic mass is 32.1. The van der Waals surface area contributed by atoms with Crippen LogP contribution in [-0.2, 0) is 10.2 Å². The van der Waals surface area contributed by atoms with Crippen LogP contribution in [0.1, 0.15) is 36.1 Å². The number of methoxy groups -OCH3 is 1. The number of thiazole rings is 1. The molecule has 2 aromatic rings. The van der Waals surface area contributed by atoms with Crippen LogP contribution in [0, 0.1) is 0 Å². The fourth-order valence-electron chi connectivity index (χ4n) is 1.35. The third kappa shape index (κ3) is 1.82. The summed E-state index contributed by atoms with van der Waals surface area (Å²) in [4.78, 5) is 17.2. The first-order valence-electron chi connectivity index (χ1n) is 4.99. The quantitative estimate of drug-likeness (QED) is 0.717. The first kappa shape index (κ1) is 11.1. The fraction of sp³-hybridized carbons (Fsp3) is 0.455. The van der Waals surface area contributed by atoms with Crippen LogP contribution in [0.25, 0.3) is 4.96 Å². The van der Waals surface area contributed by atoms with Crippen molar-refractivity contribution in [3.63, 3.8) is 0 Å². The number of esters is 1. The van der Waals surface area contributed by atoms with Crippen molar-refractivity contribution in [1.82, 2.24) is 9.38 Å². The van der Waals surface area contributed by atoms with Crippen molar-refractivity contribution in [2.45, 2.75) is 26.2 Å². The maximum atomic E-state index is 11.3. The van der Waals surface area contributed by atoms with Crippen LogP contribution < -0.4 is 0 Å². The van der Waals surface area contributed by atoms with E-state index in [0.717, 1.165) is 10.7 Å². The Kier molecular flexibility index (Phi) is 2.50. The molecule has 0 saturated carbocycles. The van der Waals surface area contributed by atoms with E-state index >= 15 is 0 Å². The molecule has 0 atom stereocenters. The van der Waals surface area contributed by atoms with Crippen LogP contribution in [0.2, 0.25) is 0 Å². The topological polar surface area (TPSA) is 43.6 Å². The Morgan fingerprint density at radius 2 is 2.12 bits per heavy atom. The molecular weight excluding hydrogens is 224 g/mol. The Balaban J connectivity index is 2.44. The van der Waals surface area contributed by atoms with E-state index in [0.29, 0.717) is 4.88 Å². The van der Waals surface area contributed by atoms with Crippen molar-refractivity contribution < 1.29 is 9.53 Å². The van der Waals surface area contributed by atoms with E-state index < -0.39 is 0 Å². The number of ether oxygens (including phenoxy) is 1. The number of aromatic nitrogens is 2. The second-order valence-corrected chi connectivity index (χ2v) is 5.66. The van der Waals surface area contributed by atoms with E-state index in [1.54, 1.807) is 6.20 Å². The molecular formula is C11H14N2O2S. The van der Waals surface area contributed by atoms with Gasteiger partial charge in [-0.1, -0.05) is 32.1 Å². The zero-order valence-electron chi connectivity index (χ0n) is 9.77. The average Bonchev–Trinajstić information content (AvgIpc) is 2.71. The van der Waals surface area contributed by atoms with Gasteiger partial charge in [-0.05, 0) is 0 Å². The zero-order chi connectivity index (χ0) is 11.9. The Bertz CT molecular complexity index is 502. The number of nitrogens with zero attached hydrogens (tertiary/aromatic N) is 2. The summed E-state index contributed by atoms with van der Waals surface area (Å²) in [5.74, 6) is -0.312.